The molecule has 0 spiro atoms. The summed E-state index contributed by atoms with van der Waals surface area (Å²) in [5, 5.41) is 7.41. The Hall–Kier alpha value is -5.29. The van der Waals surface area contributed by atoms with Gasteiger partial charge in [0.15, 0.2) is 0 Å². The van der Waals surface area contributed by atoms with Crippen molar-refractivity contribution < 1.29 is 22.4 Å². The van der Waals surface area contributed by atoms with E-state index in [1.807, 2.05) is 24.3 Å². The van der Waals surface area contributed by atoms with E-state index in [2.05, 4.69) is 54.2 Å². The molecule has 2 unspecified atom stereocenters. The fourth-order valence-corrected chi connectivity index (χ4v) is 10.6. The molecule has 2 aromatic heterocycles. The van der Waals surface area contributed by atoms with Gasteiger partial charge in [0.1, 0.15) is 16.1 Å². The van der Waals surface area contributed by atoms with Crippen LogP contribution in [0, 0.1) is 11.7 Å². The standard InChI is InChI=1S/C43H48FN9O4S2/c1-2-36(59(46,56)57)33-4-3-5-34(38(33)44)39-40(35-16-19-47-43(45)48-35)58-42(50-39)29-8-12-31(13-9-29)53-24-22-51(23-25-53)26-27-17-20-52(21-18-27)30-10-6-28(7-11-30)32-14-15-37(54)49-41(32)55/h3-13,16,19,27,32,36H,2,14-15,17-18,20-26H2,1H3,(H2,45,47,48)(H2,46,56,57)(H,49,54,55). The van der Waals surface area contributed by atoms with E-state index in [0.717, 1.165) is 75.5 Å². The van der Waals surface area contributed by atoms with Crippen LogP contribution in [0.25, 0.3) is 32.4 Å². The van der Waals surface area contributed by atoms with Crippen molar-refractivity contribution in [3.8, 4) is 32.4 Å². The number of sulfonamides is 1. The fourth-order valence-electron chi connectivity index (χ4n) is 8.58. The minimum Gasteiger partial charge on any atom is -0.372 e. The Balaban J connectivity index is 0.893. The molecule has 2 amide bonds. The second kappa shape index (κ2) is 17.1. The van der Waals surface area contributed by atoms with Crippen molar-refractivity contribution in [3.63, 3.8) is 0 Å². The summed E-state index contributed by atoms with van der Waals surface area (Å²) in [6.07, 6.45) is 4.86. The van der Waals surface area contributed by atoms with E-state index in [0.29, 0.717) is 40.0 Å². The molecule has 13 nitrogen and oxygen atoms in total. The summed E-state index contributed by atoms with van der Waals surface area (Å²) in [5.41, 5.74) is 11.0. The molecule has 0 radical (unpaired) electrons. The van der Waals surface area contributed by atoms with E-state index in [4.69, 9.17) is 15.9 Å². The molecule has 3 aromatic carbocycles. The van der Waals surface area contributed by atoms with Crippen molar-refractivity contribution >= 4 is 50.5 Å². The van der Waals surface area contributed by atoms with E-state index >= 15 is 4.39 Å². The first-order valence-electron chi connectivity index (χ1n) is 20.1. The van der Waals surface area contributed by atoms with Crippen molar-refractivity contribution in [1.82, 2.24) is 25.2 Å². The van der Waals surface area contributed by atoms with Crippen LogP contribution in [0.1, 0.15) is 61.3 Å². The number of thiazole rings is 1. The van der Waals surface area contributed by atoms with Gasteiger partial charge >= 0.3 is 0 Å². The minimum absolute atomic E-state index is 0.00208. The Kier molecular flexibility index (Phi) is 11.8. The van der Waals surface area contributed by atoms with Crippen LogP contribution < -0.4 is 26.0 Å². The van der Waals surface area contributed by atoms with Gasteiger partial charge < -0.3 is 15.5 Å². The van der Waals surface area contributed by atoms with E-state index in [1.165, 1.54) is 29.3 Å². The van der Waals surface area contributed by atoms with Gasteiger partial charge in [-0.3, -0.25) is 19.8 Å². The van der Waals surface area contributed by atoms with Crippen LogP contribution in [-0.2, 0) is 19.6 Å². The van der Waals surface area contributed by atoms with E-state index in [1.54, 1.807) is 25.1 Å². The number of hydrogen-bond acceptors (Lipinski definition) is 12. The van der Waals surface area contributed by atoms with Gasteiger partial charge in [0, 0.05) is 86.5 Å². The molecule has 3 saturated heterocycles. The molecule has 308 valence electrons. The van der Waals surface area contributed by atoms with E-state index < -0.39 is 21.1 Å². The first kappa shape index (κ1) is 40.5. The lowest BCUT2D eigenvalue weighted by Gasteiger charge is -2.40. The van der Waals surface area contributed by atoms with Crippen LogP contribution in [0.2, 0.25) is 0 Å². The summed E-state index contributed by atoms with van der Waals surface area (Å²) in [4.78, 5) is 45.2. The van der Waals surface area contributed by atoms with Crippen LogP contribution in [0.5, 0.6) is 0 Å². The maximum Gasteiger partial charge on any atom is 0.234 e. The van der Waals surface area contributed by atoms with Crippen molar-refractivity contribution in [2.45, 2.75) is 50.2 Å². The molecule has 0 saturated carbocycles. The van der Waals surface area contributed by atoms with Crippen LogP contribution in [0.3, 0.4) is 0 Å². The topological polar surface area (TPSA) is 181 Å². The second-order valence-corrected chi connectivity index (χ2v) is 18.3. The second-order valence-electron chi connectivity index (χ2n) is 15.6. The zero-order valence-corrected chi connectivity index (χ0v) is 34.5. The van der Waals surface area contributed by atoms with Crippen LogP contribution in [-0.4, -0.2) is 85.9 Å². The number of nitrogens with two attached hydrogens (primary N) is 2. The summed E-state index contributed by atoms with van der Waals surface area (Å²) in [7, 11) is -4.05. The molecule has 3 fully saturated rings. The number of primary sulfonamides is 1. The molecule has 3 aliphatic heterocycles. The highest BCUT2D eigenvalue weighted by atomic mass is 32.2. The lowest BCUT2D eigenvalue weighted by molar-refractivity contribution is -0.134. The molecular formula is C43H48FN9O4S2. The van der Waals surface area contributed by atoms with Gasteiger partial charge in [-0.2, -0.15) is 0 Å². The van der Waals surface area contributed by atoms with Crippen molar-refractivity contribution in [3.05, 3.63) is 95.9 Å². The summed E-state index contributed by atoms with van der Waals surface area (Å²) >= 11 is 1.35. The molecule has 5 aromatic rings. The van der Waals surface area contributed by atoms with Crippen LogP contribution in [0.4, 0.5) is 21.7 Å². The van der Waals surface area contributed by atoms with Crippen molar-refractivity contribution in [2.24, 2.45) is 11.1 Å². The molecule has 59 heavy (non-hydrogen) atoms. The van der Waals surface area contributed by atoms with Gasteiger partial charge in [-0.25, -0.2) is 32.9 Å². The molecule has 2 atom stereocenters. The number of rotatable bonds is 11. The third kappa shape index (κ3) is 8.86. The van der Waals surface area contributed by atoms with Crippen molar-refractivity contribution in [2.75, 3.05) is 61.3 Å². The normalized spacial score (nSPS) is 18.9. The van der Waals surface area contributed by atoms with Crippen molar-refractivity contribution in [1.29, 1.82) is 0 Å². The average Bonchev–Trinajstić information content (AvgIpc) is 3.68. The molecular weight excluding hydrogens is 790 g/mol. The van der Waals surface area contributed by atoms with Crippen LogP contribution in [0.15, 0.2) is 79.0 Å². The third-order valence-corrected chi connectivity index (χ3v) is 14.3. The Morgan fingerprint density at radius 1 is 0.881 bits per heavy atom. The first-order valence-corrected chi connectivity index (χ1v) is 22.5. The molecule has 0 bridgehead atoms. The van der Waals surface area contributed by atoms with Gasteiger partial charge in [0.05, 0.1) is 22.2 Å². The first-order chi connectivity index (χ1) is 28.4. The number of carbonyl (C=O) groups excluding carboxylic acids is 2. The van der Waals surface area contributed by atoms with Gasteiger partial charge in [0.2, 0.25) is 27.8 Å². The lowest BCUT2D eigenvalue weighted by atomic mass is 9.90. The molecule has 16 heteroatoms. The zero-order valence-electron chi connectivity index (χ0n) is 32.9. The monoisotopic (exact) mass is 837 g/mol. The van der Waals surface area contributed by atoms with E-state index in [-0.39, 0.29) is 41.2 Å². The number of piperidine rings is 2. The highest BCUT2D eigenvalue weighted by Crippen LogP contribution is 2.43. The Morgan fingerprint density at radius 2 is 1.56 bits per heavy atom. The molecule has 8 rings (SSSR count). The highest BCUT2D eigenvalue weighted by molar-refractivity contribution is 7.89. The Morgan fingerprint density at radius 3 is 2.20 bits per heavy atom. The number of nitrogens with one attached hydrogen (secondary N) is 1. The van der Waals surface area contributed by atoms with Crippen LogP contribution >= 0.6 is 11.3 Å². The lowest BCUT2D eigenvalue weighted by Crippen LogP contribution is -2.49. The average molecular weight is 838 g/mol. The Labute approximate surface area is 347 Å². The van der Waals surface area contributed by atoms with Gasteiger partial charge in [0.25, 0.3) is 0 Å². The summed E-state index contributed by atoms with van der Waals surface area (Å²) in [6, 6.07) is 22.9. The number of amides is 2. The molecule has 0 aliphatic carbocycles. The summed E-state index contributed by atoms with van der Waals surface area (Å²) in [6.45, 7) is 8.57. The van der Waals surface area contributed by atoms with Gasteiger partial charge in [-0.15, -0.1) is 11.3 Å². The molecule has 5 N–H and O–H groups in total. The summed E-state index contributed by atoms with van der Waals surface area (Å²) in [5.74, 6) is -0.631. The van der Waals surface area contributed by atoms with E-state index in [9.17, 15) is 18.0 Å². The highest BCUT2D eigenvalue weighted by Gasteiger charge is 2.30. The molecule has 5 heterocycles. The SMILES string of the molecule is CCC(c1cccc(-c2nc(-c3ccc(N4CCN(CC5CCN(c6ccc(C7CCC(=O)NC7=O)cc6)CC5)CC4)cc3)sc2-c2ccnc(N)n2)c1F)S(N)(=O)=O. The number of nitrogens with zero attached hydrogens (tertiary/aromatic N) is 6. The maximum atomic E-state index is 16.2. The number of imide groups is 1. The third-order valence-electron chi connectivity index (χ3n) is 11.8. The largest absolute Gasteiger partial charge is 0.372 e. The number of piperazine rings is 1. The van der Waals surface area contributed by atoms with Gasteiger partial charge in [-0.1, -0.05) is 31.2 Å². The zero-order chi connectivity index (χ0) is 41.3. The molecule has 3 aliphatic rings. The number of benzene rings is 3. The number of nitrogen functional groups attached to an aromatic ring is 1. The predicted molar refractivity (Wildman–Crippen MR) is 230 cm³/mol. The number of halogens is 1. The quantitative estimate of drug-likeness (QED) is 0.134. The number of carbonyl (C=O) groups is 2. The number of anilines is 3. The van der Waals surface area contributed by atoms with Gasteiger partial charge in [-0.05, 0) is 85.7 Å². The number of hydrogen-bond donors (Lipinski definition) is 3. The maximum absolute atomic E-state index is 16.2. The smallest absolute Gasteiger partial charge is 0.234 e. The minimum atomic E-state index is -4.05. The number of aromatic nitrogens is 3. The summed E-state index contributed by atoms with van der Waals surface area (Å²) < 4.78 is 41.0. The Bertz CT molecular complexity index is 2430. The predicted octanol–water partition coefficient (Wildman–Crippen LogP) is 5.95. The fraction of sp³-hybridized carbons (Fsp3) is 0.372.